The Bertz CT molecular complexity index is 159. The summed E-state index contributed by atoms with van der Waals surface area (Å²) in [6.45, 7) is 4.71. The van der Waals surface area contributed by atoms with Gasteiger partial charge in [-0.3, -0.25) is 4.79 Å². The molecule has 0 aromatic rings. The molecule has 1 aliphatic carbocycles. The fourth-order valence-electron chi connectivity index (χ4n) is 1.62. The third-order valence-corrected chi connectivity index (χ3v) is 2.57. The first-order valence-corrected chi connectivity index (χ1v) is 4.92. The minimum absolute atomic E-state index is 0.294. The topological polar surface area (TPSA) is 26.3 Å². The van der Waals surface area contributed by atoms with E-state index >= 15 is 0 Å². The maximum atomic E-state index is 11.5. The average molecular weight is 170 g/mol. The second-order valence-corrected chi connectivity index (χ2v) is 3.47. The molecule has 0 aliphatic heterocycles. The monoisotopic (exact) mass is 170 g/mol. The number of ketones is 1. The molecule has 0 heterocycles. The molecule has 0 radical (unpaired) electrons. The molecule has 0 aromatic heterocycles. The first-order chi connectivity index (χ1) is 5.75. The molecule has 70 valence electrons. The maximum Gasteiger partial charge on any atom is 0.164 e. The van der Waals surface area contributed by atoms with Crippen LogP contribution in [0, 0.1) is 0 Å². The van der Waals surface area contributed by atoms with Crippen molar-refractivity contribution in [3.8, 4) is 0 Å². The Balaban J connectivity index is 2.44. The van der Waals surface area contributed by atoms with Crippen LogP contribution < -0.4 is 0 Å². The highest BCUT2D eigenvalue weighted by molar-refractivity contribution is 5.88. The summed E-state index contributed by atoms with van der Waals surface area (Å²) in [5, 5.41) is 0. The summed E-state index contributed by atoms with van der Waals surface area (Å²) in [7, 11) is 0. The van der Waals surface area contributed by atoms with E-state index in [1.54, 1.807) is 0 Å². The van der Waals surface area contributed by atoms with Crippen molar-refractivity contribution < 1.29 is 9.53 Å². The lowest BCUT2D eigenvalue weighted by Gasteiger charge is -2.39. The average Bonchev–Trinajstić information content (AvgIpc) is 2.02. The van der Waals surface area contributed by atoms with Crippen LogP contribution in [0.3, 0.4) is 0 Å². The van der Waals surface area contributed by atoms with Gasteiger partial charge in [-0.05, 0) is 25.7 Å². The molecule has 2 heteroatoms. The maximum absolute atomic E-state index is 11.5. The van der Waals surface area contributed by atoms with Gasteiger partial charge in [0.25, 0.3) is 0 Å². The van der Waals surface area contributed by atoms with Crippen LogP contribution in [0.1, 0.15) is 46.0 Å². The molecule has 0 unspecified atom stereocenters. The first-order valence-electron chi connectivity index (χ1n) is 4.92. The Hall–Kier alpha value is -0.370. The predicted molar refractivity (Wildman–Crippen MR) is 48.1 cm³/mol. The van der Waals surface area contributed by atoms with Crippen molar-refractivity contribution in [1.29, 1.82) is 0 Å². The van der Waals surface area contributed by atoms with Gasteiger partial charge < -0.3 is 4.74 Å². The minimum Gasteiger partial charge on any atom is -0.367 e. The second kappa shape index (κ2) is 4.04. The van der Waals surface area contributed by atoms with E-state index in [9.17, 15) is 4.79 Å². The molecule has 1 saturated carbocycles. The minimum atomic E-state index is -0.356. The van der Waals surface area contributed by atoms with Gasteiger partial charge in [0, 0.05) is 13.0 Å². The number of hydrogen-bond donors (Lipinski definition) is 0. The lowest BCUT2D eigenvalue weighted by molar-refractivity contribution is -0.157. The molecule has 0 atom stereocenters. The Labute approximate surface area is 74.3 Å². The molecule has 12 heavy (non-hydrogen) atoms. The fraction of sp³-hybridized carbons (Fsp3) is 0.900. The summed E-state index contributed by atoms with van der Waals surface area (Å²) in [6, 6.07) is 0. The van der Waals surface area contributed by atoms with Gasteiger partial charge in [0.1, 0.15) is 5.60 Å². The van der Waals surface area contributed by atoms with Crippen molar-refractivity contribution in [3.63, 3.8) is 0 Å². The van der Waals surface area contributed by atoms with Gasteiger partial charge in [-0.2, -0.15) is 0 Å². The van der Waals surface area contributed by atoms with Gasteiger partial charge in [0.2, 0.25) is 0 Å². The summed E-state index contributed by atoms with van der Waals surface area (Å²) >= 11 is 0. The molecule has 0 amide bonds. The van der Waals surface area contributed by atoms with Crippen LogP contribution in [0.5, 0.6) is 0 Å². The number of ether oxygens (including phenoxy) is 1. The normalized spacial score (nSPS) is 20.2. The highest BCUT2D eigenvalue weighted by atomic mass is 16.5. The van der Waals surface area contributed by atoms with Crippen LogP contribution in [-0.4, -0.2) is 18.0 Å². The Kier molecular flexibility index (Phi) is 3.27. The zero-order valence-corrected chi connectivity index (χ0v) is 8.06. The Morgan fingerprint density at radius 1 is 1.42 bits per heavy atom. The van der Waals surface area contributed by atoms with Crippen LogP contribution in [0.2, 0.25) is 0 Å². The molecular formula is C10H18O2. The zero-order chi connectivity index (χ0) is 9.03. The highest BCUT2D eigenvalue weighted by Gasteiger charge is 2.43. The molecule has 0 saturated heterocycles. The SMILES string of the molecule is CCCOC1(C(=O)CC)CCC1. The highest BCUT2D eigenvalue weighted by Crippen LogP contribution is 2.37. The van der Waals surface area contributed by atoms with Gasteiger partial charge in [-0.25, -0.2) is 0 Å². The van der Waals surface area contributed by atoms with Gasteiger partial charge in [0.15, 0.2) is 5.78 Å². The summed E-state index contributed by atoms with van der Waals surface area (Å²) < 4.78 is 5.62. The van der Waals surface area contributed by atoms with Crippen LogP contribution >= 0.6 is 0 Å². The second-order valence-electron chi connectivity index (χ2n) is 3.47. The molecule has 2 nitrogen and oxygen atoms in total. The number of hydrogen-bond acceptors (Lipinski definition) is 2. The molecule has 1 fully saturated rings. The fourth-order valence-corrected chi connectivity index (χ4v) is 1.62. The van der Waals surface area contributed by atoms with E-state index in [4.69, 9.17) is 4.74 Å². The van der Waals surface area contributed by atoms with Gasteiger partial charge >= 0.3 is 0 Å². The van der Waals surface area contributed by atoms with Crippen LogP contribution in [-0.2, 0) is 9.53 Å². The van der Waals surface area contributed by atoms with E-state index < -0.39 is 0 Å². The van der Waals surface area contributed by atoms with Crippen molar-refractivity contribution in [2.24, 2.45) is 0 Å². The standard InChI is InChI=1S/C10H18O2/c1-3-8-12-10(6-5-7-10)9(11)4-2/h3-8H2,1-2H3. The van der Waals surface area contributed by atoms with Gasteiger partial charge in [-0.15, -0.1) is 0 Å². The summed E-state index contributed by atoms with van der Waals surface area (Å²) in [5.41, 5.74) is -0.356. The first kappa shape index (κ1) is 9.72. The zero-order valence-electron chi connectivity index (χ0n) is 8.06. The van der Waals surface area contributed by atoms with Crippen LogP contribution in [0.25, 0.3) is 0 Å². The summed E-state index contributed by atoms with van der Waals surface area (Å²) in [4.78, 5) is 11.5. The largest absolute Gasteiger partial charge is 0.367 e. The molecule has 1 aliphatic rings. The van der Waals surface area contributed by atoms with Gasteiger partial charge in [-0.1, -0.05) is 13.8 Å². The van der Waals surface area contributed by atoms with Crippen LogP contribution in [0.4, 0.5) is 0 Å². The van der Waals surface area contributed by atoms with Crippen molar-refractivity contribution >= 4 is 5.78 Å². The Morgan fingerprint density at radius 2 is 2.08 bits per heavy atom. The lowest BCUT2D eigenvalue weighted by atomic mass is 9.76. The third-order valence-electron chi connectivity index (χ3n) is 2.57. The molecule has 0 aromatic carbocycles. The summed E-state index contributed by atoms with van der Waals surface area (Å²) in [6.07, 6.45) is 4.65. The predicted octanol–water partition coefficient (Wildman–Crippen LogP) is 2.31. The van der Waals surface area contributed by atoms with Crippen molar-refractivity contribution in [1.82, 2.24) is 0 Å². The summed E-state index contributed by atoms with van der Waals surface area (Å²) in [5.74, 6) is 0.294. The number of Topliss-reactive ketones (excluding diaryl/α,β-unsaturated/α-hetero) is 1. The molecule has 0 bridgehead atoms. The van der Waals surface area contributed by atoms with Crippen molar-refractivity contribution in [3.05, 3.63) is 0 Å². The number of carbonyl (C=O) groups is 1. The molecule has 1 rings (SSSR count). The van der Waals surface area contributed by atoms with E-state index in [-0.39, 0.29) is 5.60 Å². The smallest absolute Gasteiger partial charge is 0.164 e. The van der Waals surface area contributed by atoms with E-state index in [0.717, 1.165) is 32.3 Å². The van der Waals surface area contributed by atoms with Gasteiger partial charge in [0.05, 0.1) is 0 Å². The molecule has 0 spiro atoms. The molecule has 0 N–H and O–H groups in total. The van der Waals surface area contributed by atoms with E-state index in [1.807, 2.05) is 6.92 Å². The van der Waals surface area contributed by atoms with E-state index in [0.29, 0.717) is 12.2 Å². The Morgan fingerprint density at radius 3 is 2.42 bits per heavy atom. The third kappa shape index (κ3) is 1.69. The quantitative estimate of drug-likeness (QED) is 0.633. The van der Waals surface area contributed by atoms with E-state index in [2.05, 4.69) is 6.92 Å². The number of rotatable bonds is 5. The van der Waals surface area contributed by atoms with Crippen molar-refractivity contribution in [2.45, 2.75) is 51.6 Å². The van der Waals surface area contributed by atoms with Crippen LogP contribution in [0.15, 0.2) is 0 Å². The lowest BCUT2D eigenvalue weighted by Crippen LogP contribution is -2.47. The van der Waals surface area contributed by atoms with Crippen molar-refractivity contribution in [2.75, 3.05) is 6.61 Å². The molecular weight excluding hydrogens is 152 g/mol. The number of carbonyl (C=O) groups excluding carboxylic acids is 1. The van der Waals surface area contributed by atoms with E-state index in [1.165, 1.54) is 0 Å².